The molecule has 0 radical (unpaired) electrons. The molecule has 1 aromatic heterocycles. The standard InChI is InChI=1S/C21H21N3O3S2/c1-3-6-19(22-15-8-5-4-7-13(15)2)28-12-18(25)24-21-23-16-10-9-14(20(26)27)11-17(16)29-21/h4-5,7-11H,3,6,12H2,1-2H3,(H,26,27)(H,23,24,25). The maximum absolute atomic E-state index is 12.4. The molecule has 29 heavy (non-hydrogen) atoms. The van der Waals surface area contributed by atoms with Crippen LogP contribution in [0.1, 0.15) is 35.7 Å². The lowest BCUT2D eigenvalue weighted by Crippen LogP contribution is -2.15. The molecule has 2 aromatic carbocycles. The van der Waals surface area contributed by atoms with Crippen molar-refractivity contribution in [1.29, 1.82) is 0 Å². The quantitative estimate of drug-likeness (QED) is 0.383. The maximum Gasteiger partial charge on any atom is 0.335 e. The van der Waals surface area contributed by atoms with Gasteiger partial charge in [0.1, 0.15) is 0 Å². The number of carboxylic acids is 1. The molecule has 0 aliphatic heterocycles. The zero-order chi connectivity index (χ0) is 20.8. The summed E-state index contributed by atoms with van der Waals surface area (Å²) >= 11 is 2.69. The van der Waals surface area contributed by atoms with Gasteiger partial charge in [0.05, 0.1) is 32.3 Å². The Kier molecular flexibility index (Phi) is 7.00. The molecule has 0 bridgehead atoms. The van der Waals surface area contributed by atoms with Crippen molar-refractivity contribution in [3.05, 3.63) is 53.6 Å². The highest BCUT2D eigenvalue weighted by Crippen LogP contribution is 2.27. The second-order valence-electron chi connectivity index (χ2n) is 6.39. The van der Waals surface area contributed by atoms with E-state index in [4.69, 9.17) is 10.1 Å². The van der Waals surface area contributed by atoms with E-state index >= 15 is 0 Å². The number of para-hydroxylation sites is 1. The van der Waals surface area contributed by atoms with Crippen LogP contribution >= 0.6 is 23.1 Å². The van der Waals surface area contributed by atoms with E-state index in [0.29, 0.717) is 10.6 Å². The van der Waals surface area contributed by atoms with E-state index in [9.17, 15) is 9.59 Å². The number of anilines is 1. The van der Waals surface area contributed by atoms with Crippen molar-refractivity contribution in [2.75, 3.05) is 11.1 Å². The average molecular weight is 428 g/mol. The van der Waals surface area contributed by atoms with Gasteiger partial charge in [-0.1, -0.05) is 42.9 Å². The molecule has 0 atom stereocenters. The number of nitrogens with one attached hydrogen (secondary N) is 1. The summed E-state index contributed by atoms with van der Waals surface area (Å²) in [5, 5.41) is 13.3. The van der Waals surface area contributed by atoms with Crippen LogP contribution in [0.3, 0.4) is 0 Å². The summed E-state index contributed by atoms with van der Waals surface area (Å²) in [5.41, 5.74) is 2.88. The summed E-state index contributed by atoms with van der Waals surface area (Å²) in [7, 11) is 0. The third-order valence-electron chi connectivity index (χ3n) is 4.08. The molecule has 8 heteroatoms. The second kappa shape index (κ2) is 9.67. The molecule has 0 aliphatic rings. The lowest BCUT2D eigenvalue weighted by Gasteiger charge is -2.07. The van der Waals surface area contributed by atoms with Gasteiger partial charge in [0.15, 0.2) is 5.13 Å². The molecular formula is C21H21N3O3S2. The van der Waals surface area contributed by atoms with Gasteiger partial charge in [0, 0.05) is 0 Å². The van der Waals surface area contributed by atoms with Gasteiger partial charge >= 0.3 is 5.97 Å². The number of nitrogens with zero attached hydrogens (tertiary/aromatic N) is 2. The van der Waals surface area contributed by atoms with E-state index in [-0.39, 0.29) is 17.2 Å². The van der Waals surface area contributed by atoms with Crippen LogP contribution in [0.5, 0.6) is 0 Å². The van der Waals surface area contributed by atoms with Crippen LogP contribution in [0, 0.1) is 6.92 Å². The fraction of sp³-hybridized carbons (Fsp3) is 0.238. The van der Waals surface area contributed by atoms with Crippen molar-refractivity contribution in [3.8, 4) is 0 Å². The number of aromatic nitrogens is 1. The van der Waals surface area contributed by atoms with Crippen molar-refractivity contribution >= 4 is 61.1 Å². The average Bonchev–Trinajstić information content (AvgIpc) is 3.09. The van der Waals surface area contributed by atoms with E-state index in [1.807, 2.05) is 31.2 Å². The minimum atomic E-state index is -0.987. The number of carbonyl (C=O) groups excluding carboxylic acids is 1. The summed E-state index contributed by atoms with van der Waals surface area (Å²) < 4.78 is 0.723. The Morgan fingerprint density at radius 2 is 2.03 bits per heavy atom. The summed E-state index contributed by atoms with van der Waals surface area (Å²) in [4.78, 5) is 32.5. The summed E-state index contributed by atoms with van der Waals surface area (Å²) in [6.45, 7) is 4.10. The van der Waals surface area contributed by atoms with Gasteiger partial charge in [-0.05, 0) is 43.2 Å². The number of aliphatic imine (C=N–C) groups is 1. The number of benzene rings is 2. The van der Waals surface area contributed by atoms with Gasteiger partial charge in [0.25, 0.3) is 0 Å². The van der Waals surface area contributed by atoms with Crippen LogP contribution in [-0.4, -0.2) is 32.8 Å². The molecule has 0 aliphatic carbocycles. The Balaban J connectivity index is 1.65. The van der Waals surface area contributed by atoms with Crippen molar-refractivity contribution in [2.24, 2.45) is 4.99 Å². The molecule has 0 saturated heterocycles. The number of amides is 1. The maximum atomic E-state index is 12.4. The molecule has 1 heterocycles. The first-order valence-corrected chi connectivity index (χ1v) is 11.0. The number of thioether (sulfide) groups is 1. The van der Waals surface area contributed by atoms with Gasteiger partial charge in [0.2, 0.25) is 5.91 Å². The minimum Gasteiger partial charge on any atom is -0.478 e. The molecule has 0 fully saturated rings. The Labute approximate surface area is 177 Å². The molecule has 1 amide bonds. The largest absolute Gasteiger partial charge is 0.478 e. The monoisotopic (exact) mass is 427 g/mol. The molecule has 0 spiro atoms. The number of hydrogen-bond acceptors (Lipinski definition) is 6. The van der Waals surface area contributed by atoms with Gasteiger partial charge in [-0.2, -0.15) is 0 Å². The number of fused-ring (bicyclic) bond motifs is 1. The van der Waals surface area contributed by atoms with Crippen LogP contribution < -0.4 is 5.32 Å². The lowest BCUT2D eigenvalue weighted by atomic mass is 10.2. The minimum absolute atomic E-state index is 0.166. The van der Waals surface area contributed by atoms with Crippen LogP contribution in [0.25, 0.3) is 10.2 Å². The molecular weight excluding hydrogens is 406 g/mol. The number of carbonyl (C=O) groups is 2. The predicted octanol–water partition coefficient (Wildman–Crippen LogP) is 5.50. The van der Waals surface area contributed by atoms with Crippen LogP contribution in [0.15, 0.2) is 47.5 Å². The smallest absolute Gasteiger partial charge is 0.335 e. The molecule has 2 N–H and O–H groups in total. The first-order valence-electron chi connectivity index (χ1n) is 9.16. The third-order valence-corrected chi connectivity index (χ3v) is 6.04. The number of hydrogen-bond donors (Lipinski definition) is 2. The zero-order valence-corrected chi connectivity index (χ0v) is 17.8. The van der Waals surface area contributed by atoms with Crippen molar-refractivity contribution < 1.29 is 14.7 Å². The second-order valence-corrected chi connectivity index (χ2v) is 8.46. The number of carboxylic acid groups (broad SMARTS) is 1. The first kappa shape index (κ1) is 21.0. The highest BCUT2D eigenvalue weighted by atomic mass is 32.2. The molecule has 3 aromatic rings. The predicted molar refractivity (Wildman–Crippen MR) is 121 cm³/mol. The van der Waals surface area contributed by atoms with E-state index in [0.717, 1.165) is 33.8 Å². The highest BCUT2D eigenvalue weighted by Gasteiger charge is 2.12. The summed E-state index contributed by atoms with van der Waals surface area (Å²) in [5.74, 6) is -0.916. The van der Waals surface area contributed by atoms with Gasteiger partial charge in [-0.25, -0.2) is 14.8 Å². The Hall–Kier alpha value is -2.71. The van der Waals surface area contributed by atoms with E-state index < -0.39 is 5.97 Å². The van der Waals surface area contributed by atoms with E-state index in [1.54, 1.807) is 12.1 Å². The van der Waals surface area contributed by atoms with E-state index in [1.165, 1.54) is 29.2 Å². The molecule has 0 saturated carbocycles. The summed E-state index contributed by atoms with van der Waals surface area (Å²) in [6.07, 6.45) is 1.76. The van der Waals surface area contributed by atoms with Crippen LogP contribution in [0.4, 0.5) is 10.8 Å². The Morgan fingerprint density at radius 1 is 1.24 bits per heavy atom. The van der Waals surface area contributed by atoms with Gasteiger partial charge < -0.3 is 10.4 Å². The fourth-order valence-electron chi connectivity index (χ4n) is 2.61. The molecule has 6 nitrogen and oxygen atoms in total. The molecule has 0 unspecified atom stereocenters. The number of thiazole rings is 1. The van der Waals surface area contributed by atoms with E-state index in [2.05, 4.69) is 17.2 Å². The SMILES string of the molecule is CCCC(=Nc1ccccc1C)SCC(=O)Nc1nc2ccc(C(=O)O)cc2s1. The number of aromatic carboxylic acids is 1. The molecule has 150 valence electrons. The Morgan fingerprint density at radius 3 is 2.76 bits per heavy atom. The number of aryl methyl sites for hydroxylation is 1. The Bertz CT molecular complexity index is 1080. The van der Waals surface area contributed by atoms with Crippen LogP contribution in [0.2, 0.25) is 0 Å². The van der Waals surface area contributed by atoms with Crippen molar-refractivity contribution in [1.82, 2.24) is 4.98 Å². The fourth-order valence-corrected chi connectivity index (χ4v) is 4.42. The summed E-state index contributed by atoms with van der Waals surface area (Å²) in [6, 6.07) is 12.6. The van der Waals surface area contributed by atoms with Crippen molar-refractivity contribution in [3.63, 3.8) is 0 Å². The lowest BCUT2D eigenvalue weighted by molar-refractivity contribution is -0.113. The number of rotatable bonds is 7. The van der Waals surface area contributed by atoms with Gasteiger partial charge in [-0.15, -0.1) is 11.8 Å². The topological polar surface area (TPSA) is 91.7 Å². The zero-order valence-electron chi connectivity index (χ0n) is 16.1. The first-order chi connectivity index (χ1) is 14.0. The highest BCUT2D eigenvalue weighted by molar-refractivity contribution is 8.14. The van der Waals surface area contributed by atoms with Crippen molar-refractivity contribution in [2.45, 2.75) is 26.7 Å². The van der Waals surface area contributed by atoms with Gasteiger partial charge in [-0.3, -0.25) is 4.79 Å². The van der Waals surface area contributed by atoms with Crippen LogP contribution in [-0.2, 0) is 4.79 Å². The third kappa shape index (κ3) is 5.65. The molecule has 3 rings (SSSR count). The normalized spacial score (nSPS) is 11.6.